The molecule has 4 saturated carbocycles. The van der Waals surface area contributed by atoms with Crippen LogP contribution < -0.4 is 5.32 Å². The number of aryl methyl sites for hydroxylation is 1. The Bertz CT molecular complexity index is 918. The molecule has 1 heterocycles. The zero-order valence-corrected chi connectivity index (χ0v) is 20.4. The molecule has 0 spiro atoms. The lowest BCUT2D eigenvalue weighted by molar-refractivity contribution is -0.127. The second-order valence-electron chi connectivity index (χ2n) is 10.3. The van der Waals surface area contributed by atoms with Crippen LogP contribution in [0.3, 0.4) is 0 Å². The van der Waals surface area contributed by atoms with Crippen LogP contribution in [0.5, 0.6) is 0 Å². The van der Waals surface area contributed by atoms with Gasteiger partial charge >= 0.3 is 0 Å². The first-order valence-electron chi connectivity index (χ1n) is 12.1. The number of nitrogens with zero attached hydrogens (tertiary/aromatic N) is 1. The van der Waals surface area contributed by atoms with Gasteiger partial charge in [0.15, 0.2) is 0 Å². The fourth-order valence-electron chi connectivity index (χ4n) is 6.71. The Hall–Kier alpha value is -1.66. The van der Waals surface area contributed by atoms with E-state index >= 15 is 0 Å². The molecule has 2 amide bonds. The highest BCUT2D eigenvalue weighted by atomic mass is 32.2. The first-order chi connectivity index (χ1) is 15.4. The molecule has 32 heavy (non-hydrogen) atoms. The molecule has 6 rings (SSSR count). The summed E-state index contributed by atoms with van der Waals surface area (Å²) in [5, 5.41) is 3.43. The molecule has 0 atom stereocenters. The molecular weight excluding hydrogens is 436 g/mol. The molecule has 0 radical (unpaired) electrons. The van der Waals surface area contributed by atoms with Crippen LogP contribution in [0.4, 0.5) is 0 Å². The number of hydrogen-bond acceptors (Lipinski definition) is 4. The highest BCUT2D eigenvalue weighted by Crippen LogP contribution is 2.55. The van der Waals surface area contributed by atoms with Gasteiger partial charge in [0.25, 0.3) is 5.91 Å². The summed E-state index contributed by atoms with van der Waals surface area (Å²) in [4.78, 5) is 27.9. The number of hydrogen-bond donors (Lipinski definition) is 1. The van der Waals surface area contributed by atoms with Gasteiger partial charge < -0.3 is 5.32 Å². The minimum atomic E-state index is -0.0407. The summed E-state index contributed by atoms with van der Waals surface area (Å²) in [6.45, 7) is 2.63. The second-order valence-corrected chi connectivity index (χ2v) is 12.0. The van der Waals surface area contributed by atoms with Crippen molar-refractivity contribution in [2.24, 2.45) is 17.8 Å². The van der Waals surface area contributed by atoms with Crippen LogP contribution in [0, 0.1) is 17.8 Å². The van der Waals surface area contributed by atoms with Crippen LogP contribution in [0.25, 0.3) is 6.08 Å². The van der Waals surface area contributed by atoms with E-state index in [2.05, 4.69) is 24.4 Å². The SMILES string of the molecule is CCc1ccc(/C=C2\SC(=S)N(CCCC(=O)NC34CC5CC(CC(C5)C3)C4)C2=O)cc1. The van der Waals surface area contributed by atoms with Crippen molar-refractivity contribution in [3.8, 4) is 0 Å². The molecule has 6 heteroatoms. The summed E-state index contributed by atoms with van der Waals surface area (Å²) in [6, 6.07) is 8.27. The lowest BCUT2D eigenvalue weighted by Gasteiger charge is -2.56. The lowest BCUT2D eigenvalue weighted by atomic mass is 9.53. The van der Waals surface area contributed by atoms with Gasteiger partial charge in [-0.3, -0.25) is 14.5 Å². The van der Waals surface area contributed by atoms with Crippen molar-refractivity contribution in [1.82, 2.24) is 10.2 Å². The van der Waals surface area contributed by atoms with E-state index in [-0.39, 0.29) is 17.4 Å². The number of thioether (sulfide) groups is 1. The quantitative estimate of drug-likeness (QED) is 0.435. The Morgan fingerprint density at radius 2 is 1.78 bits per heavy atom. The maximum Gasteiger partial charge on any atom is 0.266 e. The molecular formula is C26H32N2O2S2. The van der Waals surface area contributed by atoms with E-state index < -0.39 is 0 Å². The van der Waals surface area contributed by atoms with Crippen LogP contribution in [-0.4, -0.2) is 33.1 Å². The maximum absolute atomic E-state index is 12.9. The third-order valence-electron chi connectivity index (χ3n) is 7.79. The topological polar surface area (TPSA) is 49.4 Å². The van der Waals surface area contributed by atoms with Gasteiger partial charge in [0.05, 0.1) is 4.91 Å². The molecule has 1 aromatic carbocycles. The third-order valence-corrected chi connectivity index (χ3v) is 9.17. The van der Waals surface area contributed by atoms with E-state index in [1.165, 1.54) is 55.9 Å². The van der Waals surface area contributed by atoms with Crippen LogP contribution in [0.1, 0.15) is 69.4 Å². The lowest BCUT2D eigenvalue weighted by Crippen LogP contribution is -2.59. The Balaban J connectivity index is 1.13. The van der Waals surface area contributed by atoms with Crippen LogP contribution in [-0.2, 0) is 16.0 Å². The van der Waals surface area contributed by atoms with Crippen LogP contribution >= 0.6 is 24.0 Å². The van der Waals surface area contributed by atoms with Gasteiger partial charge in [-0.2, -0.15) is 0 Å². The van der Waals surface area contributed by atoms with E-state index in [1.54, 1.807) is 4.90 Å². The average molecular weight is 469 g/mol. The fraction of sp³-hybridized carbons (Fsp3) is 0.577. The van der Waals surface area contributed by atoms with Gasteiger partial charge in [0.1, 0.15) is 4.32 Å². The van der Waals surface area contributed by atoms with Gasteiger partial charge in [-0.1, -0.05) is 55.2 Å². The number of rotatable bonds is 7. The Kier molecular flexibility index (Phi) is 6.19. The standard InChI is InChI=1S/C26H32N2O2S2/c1-2-17-5-7-18(8-6-17)13-22-24(30)28(25(31)32-22)9-3-4-23(29)27-26-14-19-10-20(15-26)12-21(11-19)16-26/h5-8,13,19-21H,2-4,9-12,14-16H2,1H3,(H,27,29)/b22-13-. The predicted molar refractivity (Wildman–Crippen MR) is 134 cm³/mol. The van der Waals surface area contributed by atoms with Crippen molar-refractivity contribution in [1.29, 1.82) is 0 Å². The van der Waals surface area contributed by atoms with E-state index in [1.807, 2.05) is 18.2 Å². The highest BCUT2D eigenvalue weighted by molar-refractivity contribution is 8.26. The molecule has 1 N–H and O–H groups in total. The molecule has 5 aliphatic rings. The number of carbonyl (C=O) groups is 2. The number of thiocarbonyl (C=S) groups is 1. The van der Waals surface area contributed by atoms with Crippen molar-refractivity contribution in [3.63, 3.8) is 0 Å². The molecule has 4 aliphatic carbocycles. The third kappa shape index (κ3) is 4.54. The molecule has 1 aromatic rings. The minimum Gasteiger partial charge on any atom is -0.351 e. The first kappa shape index (κ1) is 22.1. The smallest absolute Gasteiger partial charge is 0.266 e. The minimum absolute atomic E-state index is 0.0407. The summed E-state index contributed by atoms with van der Waals surface area (Å²) >= 11 is 6.82. The Morgan fingerprint density at radius 3 is 2.38 bits per heavy atom. The summed E-state index contributed by atoms with van der Waals surface area (Å²) in [7, 11) is 0. The van der Waals surface area contributed by atoms with Gasteiger partial charge in [-0.05, 0) is 86.3 Å². The normalized spacial score (nSPS) is 32.2. The number of amides is 2. The van der Waals surface area contributed by atoms with Crippen molar-refractivity contribution < 1.29 is 9.59 Å². The number of benzene rings is 1. The zero-order chi connectivity index (χ0) is 22.3. The molecule has 4 nitrogen and oxygen atoms in total. The molecule has 0 unspecified atom stereocenters. The monoisotopic (exact) mass is 468 g/mol. The highest BCUT2D eigenvalue weighted by Gasteiger charge is 2.51. The predicted octanol–water partition coefficient (Wildman–Crippen LogP) is 5.32. The summed E-state index contributed by atoms with van der Waals surface area (Å²) < 4.78 is 0.591. The number of carbonyl (C=O) groups excluding carboxylic acids is 2. The molecule has 1 saturated heterocycles. The van der Waals surface area contributed by atoms with Crippen LogP contribution in [0.2, 0.25) is 0 Å². The van der Waals surface area contributed by atoms with Gasteiger partial charge in [-0.15, -0.1) is 0 Å². The zero-order valence-electron chi connectivity index (χ0n) is 18.8. The first-order valence-corrected chi connectivity index (χ1v) is 13.3. The van der Waals surface area contributed by atoms with Gasteiger partial charge in [0, 0.05) is 18.5 Å². The van der Waals surface area contributed by atoms with Crippen molar-refractivity contribution >= 4 is 46.2 Å². The molecule has 0 aromatic heterocycles. The maximum atomic E-state index is 12.9. The van der Waals surface area contributed by atoms with Crippen molar-refractivity contribution in [3.05, 3.63) is 40.3 Å². The number of nitrogens with one attached hydrogen (secondary N) is 1. The second kappa shape index (κ2) is 8.94. The van der Waals surface area contributed by atoms with E-state index in [0.717, 1.165) is 29.7 Å². The molecule has 170 valence electrons. The molecule has 5 fully saturated rings. The van der Waals surface area contributed by atoms with E-state index in [9.17, 15) is 9.59 Å². The Morgan fingerprint density at radius 1 is 1.16 bits per heavy atom. The fourth-order valence-corrected chi connectivity index (χ4v) is 8.02. The summed E-state index contributed by atoms with van der Waals surface area (Å²) in [5.41, 5.74) is 2.35. The Labute approximate surface area is 200 Å². The van der Waals surface area contributed by atoms with Crippen molar-refractivity contribution in [2.75, 3.05) is 6.54 Å². The molecule has 4 bridgehead atoms. The largest absolute Gasteiger partial charge is 0.351 e. The summed E-state index contributed by atoms with van der Waals surface area (Å²) in [6.07, 6.45) is 11.6. The van der Waals surface area contributed by atoms with Gasteiger partial charge in [0.2, 0.25) is 5.91 Å². The van der Waals surface area contributed by atoms with Gasteiger partial charge in [-0.25, -0.2) is 0 Å². The van der Waals surface area contributed by atoms with E-state index in [4.69, 9.17) is 12.2 Å². The van der Waals surface area contributed by atoms with Crippen molar-refractivity contribution in [2.45, 2.75) is 70.3 Å². The molecule has 1 aliphatic heterocycles. The summed E-state index contributed by atoms with van der Waals surface area (Å²) in [5.74, 6) is 2.56. The van der Waals surface area contributed by atoms with E-state index in [0.29, 0.717) is 28.6 Å². The average Bonchev–Trinajstić information content (AvgIpc) is 3.00. The van der Waals surface area contributed by atoms with Crippen LogP contribution in [0.15, 0.2) is 29.2 Å².